The van der Waals surface area contributed by atoms with Gasteiger partial charge >= 0.3 is 0 Å². The van der Waals surface area contributed by atoms with E-state index in [0.717, 1.165) is 22.1 Å². The van der Waals surface area contributed by atoms with Crippen LogP contribution in [0.5, 0.6) is 11.5 Å². The molecular formula is C25H20FN3O3. The second-order valence-electron chi connectivity index (χ2n) is 7.50. The number of nitrogens with one attached hydrogen (secondary N) is 1. The minimum absolute atomic E-state index is 0.116. The zero-order chi connectivity index (χ0) is 22.1. The lowest BCUT2D eigenvalue weighted by Gasteiger charge is -2.12. The highest BCUT2D eigenvalue weighted by molar-refractivity contribution is 6.05. The van der Waals surface area contributed by atoms with Crippen LogP contribution in [-0.4, -0.2) is 24.2 Å². The number of carbonyl (C=O) groups excluding carboxylic acids is 1. The largest absolute Gasteiger partial charge is 0.454 e. The fraction of sp³-hybridized carbons (Fsp3) is 0.120. The van der Waals surface area contributed by atoms with E-state index in [9.17, 15) is 9.18 Å². The van der Waals surface area contributed by atoms with Crippen LogP contribution in [0.1, 0.15) is 16.1 Å². The molecule has 0 saturated heterocycles. The maximum Gasteiger partial charge on any atom is 0.269 e. The van der Waals surface area contributed by atoms with Crippen molar-refractivity contribution in [2.24, 2.45) is 0 Å². The van der Waals surface area contributed by atoms with Crippen LogP contribution in [0.25, 0.3) is 22.0 Å². The number of anilines is 1. The highest BCUT2D eigenvalue weighted by atomic mass is 19.1. The van der Waals surface area contributed by atoms with Gasteiger partial charge in [-0.15, -0.1) is 0 Å². The van der Waals surface area contributed by atoms with Gasteiger partial charge in [-0.25, -0.2) is 9.37 Å². The van der Waals surface area contributed by atoms with Crippen LogP contribution < -0.4 is 20.5 Å². The third-order valence-electron chi connectivity index (χ3n) is 5.38. The molecule has 1 aromatic heterocycles. The molecule has 0 spiro atoms. The average Bonchev–Trinajstić information content (AvgIpc) is 3.29. The number of hydrogen-bond donors (Lipinski definition) is 2. The predicted molar refractivity (Wildman–Crippen MR) is 120 cm³/mol. The summed E-state index contributed by atoms with van der Waals surface area (Å²) in [4.78, 5) is 17.4. The van der Waals surface area contributed by atoms with E-state index in [1.165, 1.54) is 12.1 Å². The molecule has 3 N–H and O–H groups in total. The normalized spacial score (nSPS) is 12.2. The minimum atomic E-state index is -0.336. The molecule has 2 heterocycles. The van der Waals surface area contributed by atoms with Crippen molar-refractivity contribution >= 4 is 22.5 Å². The number of benzene rings is 3. The number of nitrogens with two attached hydrogens (primary N) is 1. The summed E-state index contributed by atoms with van der Waals surface area (Å²) in [5.74, 6) is 0.564. The first kappa shape index (κ1) is 19.8. The SMILES string of the molecule is Nc1ccc(CCNC(=O)c2cc(-c3ccc(F)cc3)c3c4c(ccc3n2)OCO4)cc1. The zero-order valence-electron chi connectivity index (χ0n) is 17.1. The molecule has 5 rings (SSSR count). The molecule has 0 atom stereocenters. The van der Waals surface area contributed by atoms with Crippen LogP contribution in [0.4, 0.5) is 10.1 Å². The summed E-state index contributed by atoms with van der Waals surface area (Å²) in [7, 11) is 0. The van der Waals surface area contributed by atoms with Crippen LogP contribution >= 0.6 is 0 Å². The molecule has 3 aromatic carbocycles. The Morgan fingerprint density at radius 1 is 1.03 bits per heavy atom. The summed E-state index contributed by atoms with van der Waals surface area (Å²) in [6.07, 6.45) is 0.670. The van der Waals surface area contributed by atoms with E-state index < -0.39 is 0 Å². The molecule has 1 amide bonds. The second kappa shape index (κ2) is 8.19. The maximum atomic E-state index is 13.5. The Balaban J connectivity index is 1.48. The molecule has 0 radical (unpaired) electrons. The molecule has 1 aliphatic heterocycles. The third kappa shape index (κ3) is 3.80. The lowest BCUT2D eigenvalue weighted by molar-refractivity contribution is 0.0949. The van der Waals surface area contributed by atoms with E-state index in [1.54, 1.807) is 30.3 Å². The Morgan fingerprint density at radius 2 is 1.81 bits per heavy atom. The van der Waals surface area contributed by atoms with Crippen molar-refractivity contribution in [2.75, 3.05) is 19.1 Å². The van der Waals surface area contributed by atoms with Gasteiger partial charge in [0.25, 0.3) is 5.91 Å². The number of nitrogens with zero attached hydrogens (tertiary/aromatic N) is 1. The molecule has 32 heavy (non-hydrogen) atoms. The van der Waals surface area contributed by atoms with Crippen LogP contribution in [0.15, 0.2) is 66.7 Å². The van der Waals surface area contributed by atoms with Crippen molar-refractivity contribution in [1.82, 2.24) is 10.3 Å². The molecule has 0 saturated carbocycles. The number of nitrogen functional groups attached to an aromatic ring is 1. The summed E-state index contributed by atoms with van der Waals surface area (Å²) < 4.78 is 24.7. The maximum absolute atomic E-state index is 13.5. The van der Waals surface area contributed by atoms with Crippen molar-refractivity contribution in [3.05, 3.63) is 83.8 Å². The molecule has 0 unspecified atom stereocenters. The Kier molecular flexibility index (Phi) is 5.07. The van der Waals surface area contributed by atoms with E-state index in [-0.39, 0.29) is 24.2 Å². The number of rotatable bonds is 5. The molecule has 1 aliphatic rings. The number of fused-ring (bicyclic) bond motifs is 3. The van der Waals surface area contributed by atoms with Crippen molar-refractivity contribution in [1.29, 1.82) is 0 Å². The molecular weight excluding hydrogens is 409 g/mol. The van der Waals surface area contributed by atoms with Gasteiger partial charge in [0.15, 0.2) is 11.5 Å². The Morgan fingerprint density at radius 3 is 2.59 bits per heavy atom. The van der Waals surface area contributed by atoms with Crippen molar-refractivity contribution < 1.29 is 18.7 Å². The number of ether oxygens (including phenoxy) is 2. The number of carbonyl (C=O) groups is 1. The van der Waals surface area contributed by atoms with E-state index in [0.29, 0.717) is 35.7 Å². The number of halogens is 1. The molecule has 7 heteroatoms. The van der Waals surface area contributed by atoms with Crippen LogP contribution in [0, 0.1) is 5.82 Å². The molecule has 6 nitrogen and oxygen atoms in total. The van der Waals surface area contributed by atoms with Gasteiger partial charge in [0.1, 0.15) is 11.5 Å². The van der Waals surface area contributed by atoms with Crippen LogP contribution in [0.3, 0.4) is 0 Å². The zero-order valence-corrected chi connectivity index (χ0v) is 17.1. The van der Waals surface area contributed by atoms with E-state index >= 15 is 0 Å². The van der Waals surface area contributed by atoms with Gasteiger partial charge in [-0.2, -0.15) is 0 Å². The van der Waals surface area contributed by atoms with E-state index in [4.69, 9.17) is 15.2 Å². The second-order valence-corrected chi connectivity index (χ2v) is 7.50. The minimum Gasteiger partial charge on any atom is -0.454 e. The fourth-order valence-electron chi connectivity index (χ4n) is 3.76. The smallest absolute Gasteiger partial charge is 0.269 e. The third-order valence-corrected chi connectivity index (χ3v) is 5.38. The van der Waals surface area contributed by atoms with E-state index in [1.807, 2.05) is 24.3 Å². The Labute approximate surface area is 183 Å². The van der Waals surface area contributed by atoms with Crippen molar-refractivity contribution in [2.45, 2.75) is 6.42 Å². The van der Waals surface area contributed by atoms with Gasteiger partial charge in [-0.05, 0) is 65.6 Å². The topological polar surface area (TPSA) is 86.5 Å². The quantitative estimate of drug-likeness (QED) is 0.462. The highest BCUT2D eigenvalue weighted by Crippen LogP contribution is 2.43. The number of amides is 1. The van der Waals surface area contributed by atoms with Crippen molar-refractivity contribution in [3.8, 4) is 22.6 Å². The first-order valence-corrected chi connectivity index (χ1v) is 10.2. The van der Waals surface area contributed by atoms with Crippen molar-refractivity contribution in [3.63, 3.8) is 0 Å². The Bertz CT molecular complexity index is 1310. The number of pyridine rings is 1. The summed E-state index contributed by atoms with van der Waals surface area (Å²) in [5, 5.41) is 3.65. The Hall–Kier alpha value is -4.13. The van der Waals surface area contributed by atoms with E-state index in [2.05, 4.69) is 10.3 Å². The summed E-state index contributed by atoms with van der Waals surface area (Å²) in [6.45, 7) is 0.570. The first-order valence-electron chi connectivity index (χ1n) is 10.2. The number of hydrogen-bond acceptors (Lipinski definition) is 5. The summed E-state index contributed by atoms with van der Waals surface area (Å²) in [6, 6.07) is 18.9. The fourth-order valence-corrected chi connectivity index (χ4v) is 3.76. The van der Waals surface area contributed by atoms with Gasteiger partial charge in [0, 0.05) is 12.2 Å². The van der Waals surface area contributed by atoms with Gasteiger partial charge in [-0.1, -0.05) is 24.3 Å². The lowest BCUT2D eigenvalue weighted by atomic mass is 9.99. The predicted octanol–water partition coefficient (Wildman–Crippen LogP) is 4.32. The first-order chi connectivity index (χ1) is 15.6. The van der Waals surface area contributed by atoms with Gasteiger partial charge in [-0.3, -0.25) is 4.79 Å². The monoisotopic (exact) mass is 429 g/mol. The summed E-state index contributed by atoms with van der Waals surface area (Å²) >= 11 is 0. The van der Waals surface area contributed by atoms with Crippen LogP contribution in [-0.2, 0) is 6.42 Å². The van der Waals surface area contributed by atoms with Gasteiger partial charge in [0.05, 0.1) is 10.9 Å². The highest BCUT2D eigenvalue weighted by Gasteiger charge is 2.22. The van der Waals surface area contributed by atoms with Gasteiger partial charge in [0.2, 0.25) is 6.79 Å². The summed E-state index contributed by atoms with van der Waals surface area (Å²) in [5.41, 5.74) is 9.83. The molecule has 0 aliphatic carbocycles. The number of aromatic nitrogens is 1. The average molecular weight is 429 g/mol. The van der Waals surface area contributed by atoms with Gasteiger partial charge < -0.3 is 20.5 Å². The standard InChI is InChI=1S/C25H20FN3O3/c26-17-5-3-16(4-6-17)19-13-21(25(30)28-12-11-15-1-7-18(27)8-2-15)29-20-9-10-22-24(23(19)20)32-14-31-22/h1-10,13H,11-12,14,27H2,(H,28,30). The molecule has 160 valence electrons. The van der Waals surface area contributed by atoms with Crippen LogP contribution in [0.2, 0.25) is 0 Å². The molecule has 4 aromatic rings. The molecule has 0 fully saturated rings. The molecule has 0 bridgehead atoms. The lowest BCUT2D eigenvalue weighted by Crippen LogP contribution is -2.26.